The molecule has 0 saturated heterocycles. The van der Waals surface area contributed by atoms with E-state index in [1.807, 2.05) is 97.1 Å². The summed E-state index contributed by atoms with van der Waals surface area (Å²) in [5.74, 6) is 11.5. The molecular formula is C82H110O8Ta2-2. The summed E-state index contributed by atoms with van der Waals surface area (Å²) in [4.78, 5) is 0. The molecule has 0 aliphatic heterocycles. The summed E-state index contributed by atoms with van der Waals surface area (Å²) in [7, 11) is 0. The Morgan fingerprint density at radius 3 is 0.304 bits per heavy atom. The van der Waals surface area contributed by atoms with Crippen LogP contribution in [-0.4, -0.2) is 40.9 Å². The SMILES string of the molecule is CC(C)(c1ccc(O)cc1)c1ccc(O)cc1.CC(C)(c1ccc(O)cc1)c1ccc(O)cc1.CC(C)(c1ccc(O)cc1)c1ccc(O)cc1.CC(C)(c1ccc(O)cc1)c1ccc(O)cc1.CC1C(C)C(C)C(C)C1C.CC1C(C)C(C)C(C)C1C.[CH3-].[CH3-].[Ta].[Ta]. The Labute approximate surface area is 586 Å². The van der Waals surface area contributed by atoms with Gasteiger partial charge in [-0.25, -0.2) is 0 Å². The van der Waals surface area contributed by atoms with Crippen LogP contribution >= 0.6 is 0 Å². The summed E-state index contributed by atoms with van der Waals surface area (Å²) >= 11 is 0. The van der Waals surface area contributed by atoms with Gasteiger partial charge in [0.2, 0.25) is 0 Å². The Kier molecular flexibility index (Phi) is 33.0. The number of aromatic hydroxyl groups is 8. The number of hydrogen-bond acceptors (Lipinski definition) is 8. The Morgan fingerprint density at radius 1 is 0.174 bits per heavy atom. The summed E-state index contributed by atoms with van der Waals surface area (Å²) < 4.78 is 0. The molecule has 8 aromatic rings. The molecule has 2 radical (unpaired) electrons. The van der Waals surface area contributed by atoms with Crippen LogP contribution in [0.15, 0.2) is 194 Å². The molecule has 0 atom stereocenters. The fourth-order valence-electron chi connectivity index (χ4n) is 12.5. The van der Waals surface area contributed by atoms with E-state index in [-0.39, 0.29) is 127 Å². The standard InChI is InChI=1S/4C15H16O2.2C10H20.2CH3.2Ta/c4*1-15(2,11-3-7-13(16)8-4-11)12-5-9-14(17)10-6-12;2*1-6-7(2)9(4)10(5)8(6)3;;;;/h4*3-10,16-17H,1-2H3;2*6-10H,1-5H3;2*1H3;;/q;;;;;;2*-1;;. The van der Waals surface area contributed by atoms with Gasteiger partial charge in [0.1, 0.15) is 46.0 Å². The van der Waals surface area contributed by atoms with Crippen LogP contribution in [0.25, 0.3) is 0 Å². The van der Waals surface area contributed by atoms with Crippen molar-refractivity contribution in [3.63, 3.8) is 0 Å². The van der Waals surface area contributed by atoms with Crippen LogP contribution in [0.3, 0.4) is 0 Å². The Morgan fingerprint density at radius 2 is 0.239 bits per heavy atom. The molecule has 2 aliphatic rings. The van der Waals surface area contributed by atoms with Crippen LogP contribution in [-0.2, 0) is 66.4 Å². The number of hydrogen-bond donors (Lipinski definition) is 8. The van der Waals surface area contributed by atoms with Crippen molar-refractivity contribution in [1.29, 1.82) is 0 Å². The zero-order valence-corrected chi connectivity index (χ0v) is 65.1. The molecule has 8 aromatic carbocycles. The fraction of sp³-hybridized carbons (Fsp3) is 0.390. The molecule has 0 aromatic heterocycles. The van der Waals surface area contributed by atoms with Gasteiger partial charge in [-0.3, -0.25) is 0 Å². The first kappa shape index (κ1) is 83.7. The minimum atomic E-state index is -0.151. The van der Waals surface area contributed by atoms with Gasteiger partial charge < -0.3 is 55.7 Å². The minimum Gasteiger partial charge on any atom is -0.508 e. The largest absolute Gasteiger partial charge is 0.508 e. The van der Waals surface area contributed by atoms with Crippen molar-refractivity contribution in [2.45, 2.75) is 146 Å². The molecular weight excluding hydrogens is 1470 g/mol. The van der Waals surface area contributed by atoms with E-state index in [0.717, 1.165) is 104 Å². The molecule has 2 aliphatic carbocycles. The van der Waals surface area contributed by atoms with Gasteiger partial charge >= 0.3 is 0 Å². The van der Waals surface area contributed by atoms with E-state index in [1.165, 1.54) is 0 Å². The summed E-state index contributed by atoms with van der Waals surface area (Å²) in [5.41, 5.74) is 8.40. The second-order valence-corrected chi connectivity index (χ2v) is 27.5. The maximum Gasteiger partial charge on any atom is 0.115 e. The molecule has 0 bridgehead atoms. The van der Waals surface area contributed by atoms with Crippen molar-refractivity contribution in [1.82, 2.24) is 0 Å². The van der Waals surface area contributed by atoms with Crippen LogP contribution in [0, 0.1) is 74.0 Å². The van der Waals surface area contributed by atoms with Crippen molar-refractivity contribution in [3.8, 4) is 46.0 Å². The van der Waals surface area contributed by atoms with Crippen LogP contribution in [0.1, 0.15) is 169 Å². The third-order valence-corrected chi connectivity index (χ3v) is 21.0. The minimum absolute atomic E-state index is 0. The molecule has 8 nitrogen and oxygen atoms in total. The second kappa shape index (κ2) is 36.3. The second-order valence-electron chi connectivity index (χ2n) is 27.5. The molecule has 0 amide bonds. The van der Waals surface area contributed by atoms with E-state index in [2.05, 4.69) is 125 Å². The fourth-order valence-corrected chi connectivity index (χ4v) is 12.5. The first-order chi connectivity index (χ1) is 41.1. The van der Waals surface area contributed by atoms with Crippen molar-refractivity contribution < 1.29 is 85.6 Å². The van der Waals surface area contributed by atoms with Gasteiger partial charge in [0.05, 0.1) is 0 Å². The number of phenolic OH excluding ortho intramolecular Hbond substituents is 8. The van der Waals surface area contributed by atoms with Gasteiger partial charge in [-0.2, -0.15) is 0 Å². The van der Waals surface area contributed by atoms with E-state index in [1.54, 1.807) is 97.1 Å². The molecule has 10 rings (SSSR count). The predicted molar refractivity (Wildman–Crippen MR) is 378 cm³/mol. The Bertz CT molecular complexity index is 2640. The van der Waals surface area contributed by atoms with Gasteiger partial charge in [-0.05, 0) is 201 Å². The molecule has 92 heavy (non-hydrogen) atoms. The summed E-state index contributed by atoms with van der Waals surface area (Å²) in [5, 5.41) is 74.4. The van der Waals surface area contributed by atoms with Crippen LogP contribution in [0.4, 0.5) is 0 Å². The van der Waals surface area contributed by atoms with Gasteiger partial charge in [-0.15, -0.1) is 0 Å². The summed E-state index contributed by atoms with van der Waals surface area (Å²) in [6, 6.07) is 57.8. The van der Waals surface area contributed by atoms with E-state index in [9.17, 15) is 40.9 Å². The maximum atomic E-state index is 9.30. The third-order valence-electron chi connectivity index (χ3n) is 21.0. The predicted octanol–water partition coefficient (Wildman–Crippen LogP) is 21.0. The molecule has 0 spiro atoms. The quantitative estimate of drug-likeness (QED) is 0.0698. The molecule has 498 valence electrons. The molecule has 2 fully saturated rings. The summed E-state index contributed by atoms with van der Waals surface area (Å²) in [6.07, 6.45) is 0. The number of rotatable bonds is 8. The number of benzene rings is 8. The Balaban J connectivity index is 0.000000554. The molecule has 2 saturated carbocycles. The zero-order chi connectivity index (χ0) is 65.6. The first-order valence-electron chi connectivity index (χ1n) is 31.5. The maximum absolute atomic E-state index is 9.30. The van der Waals surface area contributed by atoms with Crippen molar-refractivity contribution in [2.24, 2.45) is 59.2 Å². The smallest absolute Gasteiger partial charge is 0.115 e. The van der Waals surface area contributed by atoms with Crippen LogP contribution < -0.4 is 0 Å². The Hall–Kier alpha value is -6.36. The average molecular weight is 1590 g/mol. The topological polar surface area (TPSA) is 162 Å². The van der Waals surface area contributed by atoms with E-state index in [4.69, 9.17) is 0 Å². The van der Waals surface area contributed by atoms with E-state index < -0.39 is 0 Å². The molecule has 0 heterocycles. The third kappa shape index (κ3) is 21.9. The molecule has 10 heteroatoms. The summed E-state index contributed by atoms with van der Waals surface area (Å²) in [6.45, 7) is 40.9. The van der Waals surface area contributed by atoms with Gasteiger partial charge in [-0.1, -0.05) is 222 Å². The molecule has 0 unspecified atom stereocenters. The van der Waals surface area contributed by atoms with E-state index in [0.29, 0.717) is 0 Å². The van der Waals surface area contributed by atoms with Gasteiger partial charge in [0.15, 0.2) is 0 Å². The van der Waals surface area contributed by atoms with Crippen molar-refractivity contribution >= 4 is 0 Å². The zero-order valence-electron chi connectivity index (χ0n) is 58.7. The number of phenols is 8. The monoisotopic (exact) mass is 1580 g/mol. The van der Waals surface area contributed by atoms with Crippen LogP contribution in [0.5, 0.6) is 46.0 Å². The van der Waals surface area contributed by atoms with Gasteiger partial charge in [0, 0.05) is 66.4 Å². The normalized spacial score (nSPS) is 20.5. The molecule has 8 N–H and O–H groups in total. The first-order valence-corrected chi connectivity index (χ1v) is 31.5. The van der Waals surface area contributed by atoms with E-state index >= 15 is 0 Å². The van der Waals surface area contributed by atoms with Crippen molar-refractivity contribution in [2.75, 3.05) is 0 Å². The van der Waals surface area contributed by atoms with Gasteiger partial charge in [0.25, 0.3) is 0 Å². The average Bonchev–Trinajstić information content (AvgIpc) is 1.53. The van der Waals surface area contributed by atoms with Crippen molar-refractivity contribution in [3.05, 3.63) is 253 Å². The van der Waals surface area contributed by atoms with Crippen LogP contribution in [0.2, 0.25) is 0 Å².